The van der Waals surface area contributed by atoms with Gasteiger partial charge in [0.25, 0.3) is 5.91 Å². The average molecular weight is 494 g/mol. The van der Waals surface area contributed by atoms with Crippen LogP contribution in [0.2, 0.25) is 0 Å². The molecule has 0 radical (unpaired) electrons. The van der Waals surface area contributed by atoms with Crippen LogP contribution in [0.1, 0.15) is 23.9 Å². The lowest BCUT2D eigenvalue weighted by atomic mass is 9.92. The highest BCUT2D eigenvalue weighted by Crippen LogP contribution is 2.32. The Morgan fingerprint density at radius 1 is 1.12 bits per heavy atom. The van der Waals surface area contributed by atoms with E-state index >= 15 is 0 Å². The van der Waals surface area contributed by atoms with Crippen LogP contribution in [-0.2, 0) is 32.9 Å². The van der Waals surface area contributed by atoms with Crippen molar-refractivity contribution in [1.82, 2.24) is 20.4 Å². The van der Waals surface area contributed by atoms with Gasteiger partial charge in [-0.05, 0) is 36.8 Å². The molecule has 1 unspecified atom stereocenters. The van der Waals surface area contributed by atoms with E-state index in [-0.39, 0.29) is 22.2 Å². The van der Waals surface area contributed by atoms with Crippen LogP contribution < -0.4 is 5.32 Å². The number of amides is 3. The summed E-state index contributed by atoms with van der Waals surface area (Å²) in [5, 5.41) is 6.21. The van der Waals surface area contributed by atoms with E-state index in [2.05, 4.69) is 15.5 Å². The Morgan fingerprint density at radius 2 is 1.79 bits per heavy atom. The number of halogens is 3. The van der Waals surface area contributed by atoms with Crippen LogP contribution in [0.3, 0.4) is 0 Å². The molecule has 1 aliphatic rings. The molecule has 1 aromatic heterocycles. The van der Waals surface area contributed by atoms with E-state index in [0.717, 1.165) is 23.3 Å². The predicted octanol–water partition coefficient (Wildman–Crippen LogP) is 3.13. The molecule has 3 amide bonds. The molecule has 2 heterocycles. The number of hydrogen-bond donors (Lipinski definition) is 1. The van der Waals surface area contributed by atoms with Gasteiger partial charge < -0.3 is 9.84 Å². The fourth-order valence-electron chi connectivity index (χ4n) is 3.48. The quantitative estimate of drug-likeness (QED) is 0.541. The fourth-order valence-corrected chi connectivity index (χ4v) is 4.11. The van der Waals surface area contributed by atoms with E-state index in [9.17, 15) is 31.2 Å². The summed E-state index contributed by atoms with van der Waals surface area (Å²) in [5.41, 5.74) is -1.95. The molecule has 1 aliphatic heterocycles. The van der Waals surface area contributed by atoms with Crippen molar-refractivity contribution in [1.29, 1.82) is 0 Å². The van der Waals surface area contributed by atoms with Gasteiger partial charge in [-0.1, -0.05) is 29.4 Å². The Hall–Kier alpha value is -3.74. The van der Waals surface area contributed by atoms with Gasteiger partial charge >= 0.3 is 12.2 Å². The van der Waals surface area contributed by atoms with Crippen molar-refractivity contribution >= 4 is 21.8 Å². The monoisotopic (exact) mass is 494 g/mol. The highest BCUT2D eigenvalue weighted by Gasteiger charge is 2.49. The van der Waals surface area contributed by atoms with Gasteiger partial charge in [-0.25, -0.2) is 13.2 Å². The fraction of sp³-hybridized carbons (Fsp3) is 0.238. The smallest absolute Gasteiger partial charge is 0.337 e. The van der Waals surface area contributed by atoms with Gasteiger partial charge in [0.1, 0.15) is 12.1 Å². The summed E-state index contributed by atoms with van der Waals surface area (Å²) in [6.07, 6.45) is -3.50. The minimum Gasteiger partial charge on any atom is -0.337 e. The lowest BCUT2D eigenvalue weighted by molar-refractivity contribution is -0.137. The maximum Gasteiger partial charge on any atom is 0.416 e. The van der Waals surface area contributed by atoms with Crippen LogP contribution >= 0.6 is 0 Å². The normalized spacial score (nSPS) is 18.9. The second-order valence-corrected chi connectivity index (χ2v) is 9.85. The zero-order valence-electron chi connectivity index (χ0n) is 17.8. The van der Waals surface area contributed by atoms with Crippen molar-refractivity contribution in [2.24, 2.45) is 0 Å². The van der Waals surface area contributed by atoms with Crippen LogP contribution in [-0.4, -0.2) is 41.7 Å². The molecule has 1 atom stereocenters. The van der Waals surface area contributed by atoms with Crippen molar-refractivity contribution in [2.45, 2.75) is 30.1 Å². The number of hydrogen-bond acceptors (Lipinski definition) is 7. The van der Waals surface area contributed by atoms with Gasteiger partial charge in [0.2, 0.25) is 11.7 Å². The molecule has 2 aromatic carbocycles. The van der Waals surface area contributed by atoms with Crippen LogP contribution in [0.5, 0.6) is 0 Å². The van der Waals surface area contributed by atoms with Gasteiger partial charge in [-0.2, -0.15) is 18.2 Å². The van der Waals surface area contributed by atoms with Gasteiger partial charge in [0.05, 0.1) is 10.5 Å². The van der Waals surface area contributed by atoms with E-state index in [1.54, 1.807) is 0 Å². The number of aromatic nitrogens is 2. The third-order valence-electron chi connectivity index (χ3n) is 5.34. The zero-order valence-corrected chi connectivity index (χ0v) is 18.6. The van der Waals surface area contributed by atoms with Gasteiger partial charge in [0.15, 0.2) is 9.84 Å². The zero-order chi connectivity index (χ0) is 24.9. The number of alkyl halides is 3. The molecule has 13 heteroatoms. The second-order valence-electron chi connectivity index (χ2n) is 7.83. The minimum absolute atomic E-state index is 0.0535. The number of carbonyl (C=O) groups is 2. The first kappa shape index (κ1) is 23.4. The van der Waals surface area contributed by atoms with E-state index in [1.807, 2.05) is 0 Å². The standard InChI is InChI=1S/C21H17F3N4O5S/c1-20(13-6-8-15(9-7-13)34(2,31)32)18(29)28(19(30)26-20)11-16-25-17(27-33-16)12-4-3-5-14(10-12)21(22,23)24/h3-10H,11H2,1-2H3,(H,26,30). The van der Waals surface area contributed by atoms with E-state index in [4.69, 9.17) is 4.52 Å². The number of sulfone groups is 1. The minimum atomic E-state index is -4.55. The molecule has 34 heavy (non-hydrogen) atoms. The van der Waals surface area contributed by atoms with E-state index in [1.165, 1.54) is 43.3 Å². The molecule has 4 rings (SSSR count). The number of nitrogens with zero attached hydrogens (tertiary/aromatic N) is 3. The molecular formula is C21H17F3N4O5S. The third kappa shape index (κ3) is 4.25. The first-order chi connectivity index (χ1) is 15.8. The molecule has 9 nitrogen and oxygen atoms in total. The maximum absolute atomic E-state index is 13.1. The van der Waals surface area contributed by atoms with Gasteiger partial charge in [-0.15, -0.1) is 0 Å². The van der Waals surface area contributed by atoms with Crippen LogP contribution in [0.4, 0.5) is 18.0 Å². The molecule has 0 spiro atoms. The van der Waals surface area contributed by atoms with Crippen LogP contribution in [0, 0.1) is 0 Å². The number of nitrogens with one attached hydrogen (secondary N) is 1. The molecule has 1 fully saturated rings. The summed E-state index contributed by atoms with van der Waals surface area (Å²) in [7, 11) is -3.44. The van der Waals surface area contributed by atoms with Gasteiger partial charge in [-0.3, -0.25) is 9.69 Å². The molecule has 3 aromatic rings. The van der Waals surface area contributed by atoms with Gasteiger partial charge in [0, 0.05) is 11.8 Å². The number of benzene rings is 2. The molecule has 0 bridgehead atoms. The van der Waals surface area contributed by atoms with E-state index < -0.39 is 45.6 Å². The molecule has 1 N–H and O–H groups in total. The van der Waals surface area contributed by atoms with Crippen molar-refractivity contribution in [2.75, 3.05) is 6.26 Å². The molecule has 1 saturated heterocycles. The summed E-state index contributed by atoms with van der Waals surface area (Å²) in [4.78, 5) is 30.5. The number of urea groups is 1. The topological polar surface area (TPSA) is 122 Å². The summed E-state index contributed by atoms with van der Waals surface area (Å²) >= 11 is 0. The van der Waals surface area contributed by atoms with E-state index in [0.29, 0.717) is 5.56 Å². The summed E-state index contributed by atoms with van der Waals surface area (Å²) in [6, 6.07) is 9.10. The Morgan fingerprint density at radius 3 is 2.41 bits per heavy atom. The first-order valence-corrected chi connectivity index (χ1v) is 11.6. The second kappa shape index (κ2) is 7.94. The Bertz CT molecular complexity index is 1390. The number of imide groups is 1. The van der Waals surface area contributed by atoms with Crippen LogP contribution in [0.15, 0.2) is 57.9 Å². The first-order valence-electron chi connectivity index (χ1n) is 9.74. The van der Waals surface area contributed by atoms with Crippen molar-refractivity contribution < 1.29 is 35.7 Å². The Balaban J connectivity index is 1.55. The lowest BCUT2D eigenvalue weighted by Gasteiger charge is -2.22. The summed E-state index contributed by atoms with van der Waals surface area (Å²) < 4.78 is 67.2. The Kier molecular flexibility index (Phi) is 5.47. The molecular weight excluding hydrogens is 477 g/mol. The molecule has 0 aliphatic carbocycles. The lowest BCUT2D eigenvalue weighted by Crippen LogP contribution is -2.40. The maximum atomic E-state index is 13.1. The highest BCUT2D eigenvalue weighted by molar-refractivity contribution is 7.90. The van der Waals surface area contributed by atoms with Crippen LogP contribution in [0.25, 0.3) is 11.4 Å². The average Bonchev–Trinajstić information content (AvgIpc) is 3.32. The van der Waals surface area contributed by atoms with Crippen molar-refractivity contribution in [3.8, 4) is 11.4 Å². The number of rotatable bonds is 5. The van der Waals surface area contributed by atoms with Crippen molar-refractivity contribution in [3.05, 3.63) is 65.5 Å². The molecule has 178 valence electrons. The highest BCUT2D eigenvalue weighted by atomic mass is 32.2. The summed E-state index contributed by atoms with van der Waals surface area (Å²) in [5.74, 6) is -0.941. The SMILES string of the molecule is CC1(c2ccc(S(C)(=O)=O)cc2)NC(=O)N(Cc2nc(-c3cccc(C(F)(F)F)c3)no2)C1=O. The summed E-state index contributed by atoms with van der Waals surface area (Å²) in [6.45, 7) is 1.05. The third-order valence-corrected chi connectivity index (χ3v) is 6.47. The predicted molar refractivity (Wildman–Crippen MR) is 111 cm³/mol. The molecule has 0 saturated carbocycles. The largest absolute Gasteiger partial charge is 0.416 e. The van der Waals surface area contributed by atoms with Crippen molar-refractivity contribution in [3.63, 3.8) is 0 Å². The number of carbonyl (C=O) groups excluding carboxylic acids is 2. The Labute approximate surface area is 191 Å².